The van der Waals surface area contributed by atoms with Crippen LogP contribution < -0.4 is 5.56 Å². The number of H-pyrrole nitrogens is 1. The van der Waals surface area contributed by atoms with Gasteiger partial charge in [0, 0.05) is 23.2 Å². The Morgan fingerprint density at radius 3 is 2.88 bits per heavy atom. The van der Waals surface area contributed by atoms with Crippen LogP contribution in [0, 0.1) is 13.8 Å². The van der Waals surface area contributed by atoms with Gasteiger partial charge in [-0.1, -0.05) is 11.2 Å². The summed E-state index contributed by atoms with van der Waals surface area (Å²) in [5.41, 5.74) is 3.62. The number of nitrogens with zero attached hydrogens (tertiary/aromatic N) is 4. The van der Waals surface area contributed by atoms with Crippen molar-refractivity contribution in [1.29, 1.82) is 0 Å². The molecule has 0 radical (unpaired) electrons. The largest absolute Gasteiger partial charge is 0.441 e. The molecule has 0 aliphatic heterocycles. The second-order valence-corrected chi connectivity index (χ2v) is 6.08. The van der Waals surface area contributed by atoms with Crippen LogP contribution in [0.1, 0.15) is 11.5 Å². The van der Waals surface area contributed by atoms with Crippen molar-refractivity contribution in [3.05, 3.63) is 58.5 Å². The molecule has 5 rings (SSSR count). The lowest BCUT2D eigenvalue weighted by atomic mass is 10.1. The average molecular weight is 347 g/mol. The lowest BCUT2D eigenvalue weighted by Crippen LogP contribution is -2.14. The molecular formula is C18H13N5O3. The number of aromatic amines is 1. The van der Waals surface area contributed by atoms with E-state index in [4.69, 9.17) is 8.94 Å². The quantitative estimate of drug-likeness (QED) is 0.526. The van der Waals surface area contributed by atoms with Gasteiger partial charge in [0.1, 0.15) is 5.76 Å². The van der Waals surface area contributed by atoms with Crippen molar-refractivity contribution in [3.63, 3.8) is 0 Å². The molecule has 128 valence electrons. The molecule has 4 heterocycles. The Balaban J connectivity index is 1.73. The molecule has 0 amide bonds. The summed E-state index contributed by atoms with van der Waals surface area (Å²) in [6.07, 6.45) is 3.28. The number of nitrogens with one attached hydrogen (secondary N) is 1. The number of rotatable bonds is 2. The lowest BCUT2D eigenvalue weighted by molar-refractivity contribution is 0.450. The molecule has 26 heavy (non-hydrogen) atoms. The fourth-order valence-electron chi connectivity index (χ4n) is 2.99. The predicted molar refractivity (Wildman–Crippen MR) is 93.8 cm³/mol. The van der Waals surface area contributed by atoms with Gasteiger partial charge in [-0.15, -0.1) is 0 Å². The lowest BCUT2D eigenvalue weighted by Gasteiger charge is -2.02. The van der Waals surface area contributed by atoms with E-state index in [1.54, 1.807) is 12.4 Å². The molecule has 0 saturated carbocycles. The van der Waals surface area contributed by atoms with Gasteiger partial charge >= 0.3 is 0 Å². The Labute approximate surface area is 146 Å². The van der Waals surface area contributed by atoms with Gasteiger partial charge in [0.05, 0.1) is 23.1 Å². The van der Waals surface area contributed by atoms with E-state index in [0.717, 1.165) is 16.6 Å². The van der Waals surface area contributed by atoms with Crippen LogP contribution in [-0.2, 0) is 0 Å². The highest BCUT2D eigenvalue weighted by molar-refractivity contribution is 5.84. The highest BCUT2D eigenvalue weighted by Gasteiger charge is 2.16. The van der Waals surface area contributed by atoms with Crippen molar-refractivity contribution in [2.75, 3.05) is 0 Å². The Morgan fingerprint density at radius 1 is 1.19 bits per heavy atom. The van der Waals surface area contributed by atoms with E-state index in [-0.39, 0.29) is 5.56 Å². The summed E-state index contributed by atoms with van der Waals surface area (Å²) in [6, 6.07) is 7.11. The van der Waals surface area contributed by atoms with E-state index in [9.17, 15) is 4.79 Å². The molecule has 5 aromatic rings. The minimum Gasteiger partial charge on any atom is -0.441 e. The fourth-order valence-corrected chi connectivity index (χ4v) is 2.99. The molecule has 8 heteroatoms. The zero-order valence-corrected chi connectivity index (χ0v) is 14.0. The second-order valence-electron chi connectivity index (χ2n) is 6.08. The standard InChI is InChI=1S/C18H13N5O3/c1-9-7-19-18(25-9)13-8-20-23-16(24)6-14(21-17(13)23)11-3-4-12-10(2)22-26-15(12)5-11/h3-8,20H,1-2H3. The van der Waals surface area contributed by atoms with Crippen molar-refractivity contribution >= 4 is 16.6 Å². The first-order chi connectivity index (χ1) is 12.6. The van der Waals surface area contributed by atoms with Crippen molar-refractivity contribution < 1.29 is 8.94 Å². The summed E-state index contributed by atoms with van der Waals surface area (Å²) >= 11 is 0. The van der Waals surface area contributed by atoms with Gasteiger partial charge in [-0.05, 0) is 26.0 Å². The molecule has 0 aliphatic rings. The summed E-state index contributed by atoms with van der Waals surface area (Å²) in [4.78, 5) is 21.3. The minimum absolute atomic E-state index is 0.228. The first-order valence-corrected chi connectivity index (χ1v) is 8.00. The minimum atomic E-state index is -0.228. The normalized spacial score (nSPS) is 11.6. The summed E-state index contributed by atoms with van der Waals surface area (Å²) in [5.74, 6) is 1.09. The van der Waals surface area contributed by atoms with Crippen molar-refractivity contribution in [1.82, 2.24) is 24.7 Å². The number of hydrogen-bond donors (Lipinski definition) is 1. The molecule has 0 bridgehead atoms. The molecular weight excluding hydrogens is 334 g/mol. The Hall–Kier alpha value is -3.68. The second kappa shape index (κ2) is 5.16. The zero-order valence-electron chi connectivity index (χ0n) is 14.0. The molecule has 0 spiro atoms. The van der Waals surface area contributed by atoms with Gasteiger partial charge in [-0.3, -0.25) is 9.89 Å². The number of hydrogen-bond acceptors (Lipinski definition) is 6. The van der Waals surface area contributed by atoms with Crippen LogP contribution in [0.2, 0.25) is 0 Å². The first kappa shape index (κ1) is 14.6. The summed E-state index contributed by atoms with van der Waals surface area (Å²) in [7, 11) is 0. The van der Waals surface area contributed by atoms with Gasteiger partial charge in [-0.25, -0.2) is 14.5 Å². The maximum absolute atomic E-state index is 12.5. The highest BCUT2D eigenvalue weighted by atomic mass is 16.5. The number of benzene rings is 1. The Bertz CT molecular complexity index is 1340. The van der Waals surface area contributed by atoms with Crippen LogP contribution >= 0.6 is 0 Å². The molecule has 0 aliphatic carbocycles. The van der Waals surface area contributed by atoms with E-state index in [1.165, 1.54) is 10.6 Å². The van der Waals surface area contributed by atoms with Crippen molar-refractivity contribution in [2.24, 2.45) is 0 Å². The van der Waals surface area contributed by atoms with E-state index < -0.39 is 0 Å². The molecule has 0 saturated heterocycles. The molecule has 1 aromatic carbocycles. The first-order valence-electron chi connectivity index (χ1n) is 8.00. The third-order valence-corrected chi connectivity index (χ3v) is 4.30. The maximum Gasteiger partial charge on any atom is 0.273 e. The summed E-state index contributed by atoms with van der Waals surface area (Å²) in [6.45, 7) is 3.69. The van der Waals surface area contributed by atoms with E-state index in [2.05, 4.69) is 20.2 Å². The SMILES string of the molecule is Cc1cnc(-c2c[nH]n3c(=O)cc(-c4ccc5c(C)noc5c4)nc23)o1. The predicted octanol–water partition coefficient (Wildman–Crippen LogP) is 3.10. The van der Waals surface area contributed by atoms with Crippen molar-refractivity contribution in [2.45, 2.75) is 13.8 Å². The molecule has 0 unspecified atom stereocenters. The van der Waals surface area contributed by atoms with Gasteiger partial charge in [0.2, 0.25) is 5.89 Å². The van der Waals surface area contributed by atoms with E-state index in [1.807, 2.05) is 32.0 Å². The van der Waals surface area contributed by atoms with Crippen LogP contribution in [0.15, 0.2) is 50.4 Å². The number of aryl methyl sites for hydroxylation is 2. The average Bonchev–Trinajstić information content (AvgIpc) is 3.33. The number of fused-ring (bicyclic) bond motifs is 2. The van der Waals surface area contributed by atoms with E-state index >= 15 is 0 Å². The Morgan fingerprint density at radius 2 is 2.08 bits per heavy atom. The monoisotopic (exact) mass is 347 g/mol. The molecule has 0 atom stereocenters. The fraction of sp³-hybridized carbons (Fsp3) is 0.111. The van der Waals surface area contributed by atoms with Gasteiger partial charge in [0.15, 0.2) is 11.2 Å². The third kappa shape index (κ3) is 2.08. The molecule has 0 fully saturated rings. The molecule has 4 aromatic heterocycles. The van der Waals surface area contributed by atoms with Crippen LogP contribution in [0.25, 0.3) is 39.3 Å². The summed E-state index contributed by atoms with van der Waals surface area (Å²) < 4.78 is 12.2. The summed E-state index contributed by atoms with van der Waals surface area (Å²) in [5, 5.41) is 7.78. The zero-order chi connectivity index (χ0) is 17.8. The molecule has 8 nitrogen and oxygen atoms in total. The topological polar surface area (TPSA) is 102 Å². The van der Waals surface area contributed by atoms with Crippen molar-refractivity contribution in [3.8, 4) is 22.7 Å². The van der Waals surface area contributed by atoms with E-state index in [0.29, 0.717) is 34.1 Å². The third-order valence-electron chi connectivity index (χ3n) is 4.30. The van der Waals surface area contributed by atoms with Crippen LogP contribution in [0.3, 0.4) is 0 Å². The van der Waals surface area contributed by atoms with Gasteiger partial charge in [0.25, 0.3) is 5.56 Å². The molecule has 1 N–H and O–H groups in total. The maximum atomic E-state index is 12.5. The van der Waals surface area contributed by atoms with Crippen LogP contribution in [0.5, 0.6) is 0 Å². The Kier molecular flexibility index (Phi) is 2.90. The van der Waals surface area contributed by atoms with Gasteiger partial charge in [-0.2, -0.15) is 0 Å². The smallest absolute Gasteiger partial charge is 0.273 e. The number of aromatic nitrogens is 5. The van der Waals surface area contributed by atoms with Crippen LogP contribution in [0.4, 0.5) is 0 Å². The van der Waals surface area contributed by atoms with Gasteiger partial charge < -0.3 is 8.94 Å². The van der Waals surface area contributed by atoms with Crippen LogP contribution in [-0.4, -0.2) is 24.7 Å². The number of oxazole rings is 1. The highest BCUT2D eigenvalue weighted by Crippen LogP contribution is 2.27.